The standard InChI is InChI=1S/C19H21BrN4O5S/c20-15-1-7-18(8-2-15)30(28,29)21-10-9-19(25)23-13-11-22(12-14-23)16-3-5-17(6-4-16)24(26)27/h1-8,21H,9-14H2. The lowest BCUT2D eigenvalue weighted by Gasteiger charge is -2.36. The normalized spacial score (nSPS) is 14.6. The Bertz CT molecular complexity index is 1000. The van der Waals surface area contributed by atoms with Crippen molar-refractivity contribution in [2.75, 3.05) is 37.6 Å². The Labute approximate surface area is 183 Å². The molecule has 0 aliphatic carbocycles. The Balaban J connectivity index is 1.46. The molecule has 3 rings (SSSR count). The maximum Gasteiger partial charge on any atom is 0.269 e. The molecule has 2 aromatic rings. The van der Waals surface area contributed by atoms with Gasteiger partial charge < -0.3 is 9.80 Å². The summed E-state index contributed by atoms with van der Waals surface area (Å²) in [7, 11) is -3.66. The quantitative estimate of drug-likeness (QED) is 0.464. The molecule has 30 heavy (non-hydrogen) atoms. The lowest BCUT2D eigenvalue weighted by Crippen LogP contribution is -2.49. The van der Waals surface area contributed by atoms with Crippen LogP contribution in [-0.4, -0.2) is 56.9 Å². The van der Waals surface area contributed by atoms with E-state index in [-0.39, 0.29) is 29.5 Å². The first-order valence-electron chi connectivity index (χ1n) is 9.29. The van der Waals surface area contributed by atoms with Crippen LogP contribution in [0.3, 0.4) is 0 Å². The first kappa shape index (κ1) is 22.2. The van der Waals surface area contributed by atoms with Crippen molar-refractivity contribution in [2.45, 2.75) is 11.3 Å². The van der Waals surface area contributed by atoms with Crippen molar-refractivity contribution in [1.82, 2.24) is 9.62 Å². The highest BCUT2D eigenvalue weighted by Crippen LogP contribution is 2.21. The molecule has 0 saturated carbocycles. The average Bonchev–Trinajstić information content (AvgIpc) is 2.74. The van der Waals surface area contributed by atoms with Gasteiger partial charge in [-0.1, -0.05) is 15.9 Å². The number of amides is 1. The fourth-order valence-electron chi connectivity index (χ4n) is 3.15. The van der Waals surface area contributed by atoms with Crippen molar-refractivity contribution >= 4 is 43.2 Å². The van der Waals surface area contributed by atoms with Crippen LogP contribution in [0.25, 0.3) is 0 Å². The fourth-order valence-corrected chi connectivity index (χ4v) is 4.44. The van der Waals surface area contributed by atoms with Gasteiger partial charge in [0.2, 0.25) is 15.9 Å². The van der Waals surface area contributed by atoms with Crippen molar-refractivity contribution in [1.29, 1.82) is 0 Å². The Kier molecular flexibility index (Phi) is 7.06. The van der Waals surface area contributed by atoms with Gasteiger partial charge in [-0.25, -0.2) is 13.1 Å². The third-order valence-corrected chi connectivity index (χ3v) is 6.82. The summed E-state index contributed by atoms with van der Waals surface area (Å²) in [5.74, 6) is -0.114. The Morgan fingerprint density at radius 3 is 2.20 bits per heavy atom. The van der Waals surface area contributed by atoms with Crippen LogP contribution in [0.4, 0.5) is 11.4 Å². The number of carbonyl (C=O) groups excluding carboxylic acids is 1. The van der Waals surface area contributed by atoms with Crippen LogP contribution in [0.15, 0.2) is 57.9 Å². The molecule has 0 aromatic heterocycles. The Morgan fingerprint density at radius 2 is 1.63 bits per heavy atom. The maximum absolute atomic E-state index is 12.4. The number of benzene rings is 2. The van der Waals surface area contributed by atoms with Gasteiger partial charge >= 0.3 is 0 Å². The number of piperazine rings is 1. The van der Waals surface area contributed by atoms with Gasteiger partial charge in [-0.3, -0.25) is 14.9 Å². The van der Waals surface area contributed by atoms with Gasteiger partial charge in [-0.15, -0.1) is 0 Å². The van der Waals surface area contributed by atoms with Crippen molar-refractivity contribution in [3.8, 4) is 0 Å². The van der Waals surface area contributed by atoms with E-state index in [0.717, 1.165) is 10.2 Å². The number of hydrogen-bond acceptors (Lipinski definition) is 6. The molecule has 2 aromatic carbocycles. The molecule has 1 N–H and O–H groups in total. The highest BCUT2D eigenvalue weighted by Gasteiger charge is 2.22. The number of nitrogens with zero attached hydrogens (tertiary/aromatic N) is 3. The molecule has 1 aliphatic heterocycles. The lowest BCUT2D eigenvalue weighted by molar-refractivity contribution is -0.384. The van der Waals surface area contributed by atoms with E-state index in [1.54, 1.807) is 29.2 Å². The van der Waals surface area contributed by atoms with Gasteiger partial charge in [0, 0.05) is 61.4 Å². The second kappa shape index (κ2) is 9.54. The van der Waals surface area contributed by atoms with Crippen LogP contribution in [0.2, 0.25) is 0 Å². The second-order valence-corrected chi connectivity index (χ2v) is 9.43. The van der Waals surface area contributed by atoms with Gasteiger partial charge in [0.05, 0.1) is 9.82 Å². The summed E-state index contributed by atoms with van der Waals surface area (Å²) < 4.78 is 27.8. The number of nitrogens with one attached hydrogen (secondary N) is 1. The van der Waals surface area contributed by atoms with E-state index < -0.39 is 14.9 Å². The Morgan fingerprint density at radius 1 is 1.03 bits per heavy atom. The van der Waals surface area contributed by atoms with E-state index in [1.807, 2.05) is 0 Å². The summed E-state index contributed by atoms with van der Waals surface area (Å²) in [5, 5.41) is 10.8. The molecule has 1 amide bonds. The third-order valence-electron chi connectivity index (χ3n) is 4.81. The zero-order valence-corrected chi connectivity index (χ0v) is 18.4. The molecule has 0 atom stereocenters. The maximum atomic E-state index is 12.4. The number of carbonyl (C=O) groups is 1. The summed E-state index contributed by atoms with van der Waals surface area (Å²) in [6, 6.07) is 12.6. The number of anilines is 1. The van der Waals surface area contributed by atoms with Crippen molar-refractivity contribution in [3.05, 3.63) is 63.1 Å². The summed E-state index contributed by atoms with van der Waals surface area (Å²) >= 11 is 3.26. The minimum absolute atomic E-state index is 0.0276. The average molecular weight is 497 g/mol. The predicted octanol–water partition coefficient (Wildman–Crippen LogP) is 2.37. The van der Waals surface area contributed by atoms with E-state index >= 15 is 0 Å². The molecule has 0 unspecified atom stereocenters. The first-order chi connectivity index (χ1) is 14.3. The monoisotopic (exact) mass is 496 g/mol. The summed E-state index contributed by atoms with van der Waals surface area (Å²) in [6.07, 6.45) is 0.0767. The smallest absolute Gasteiger partial charge is 0.269 e. The number of nitro groups is 1. The van der Waals surface area contributed by atoms with E-state index in [2.05, 4.69) is 25.6 Å². The van der Waals surface area contributed by atoms with Crippen molar-refractivity contribution < 1.29 is 18.1 Å². The number of hydrogen-bond donors (Lipinski definition) is 1. The van der Waals surface area contributed by atoms with Crippen LogP contribution in [0.1, 0.15) is 6.42 Å². The number of non-ortho nitro benzene ring substituents is 1. The fraction of sp³-hybridized carbons (Fsp3) is 0.316. The van der Waals surface area contributed by atoms with Crippen molar-refractivity contribution in [3.63, 3.8) is 0 Å². The van der Waals surface area contributed by atoms with Gasteiger partial charge in [0.15, 0.2) is 0 Å². The molecule has 0 spiro atoms. The molecular weight excluding hydrogens is 476 g/mol. The summed E-state index contributed by atoms with van der Waals surface area (Å²) in [5.41, 5.74) is 0.910. The minimum atomic E-state index is -3.66. The number of sulfonamides is 1. The van der Waals surface area contributed by atoms with Gasteiger partial charge in [0.25, 0.3) is 5.69 Å². The van der Waals surface area contributed by atoms with E-state index in [0.29, 0.717) is 26.2 Å². The highest BCUT2D eigenvalue weighted by atomic mass is 79.9. The Hall–Kier alpha value is -2.50. The van der Waals surface area contributed by atoms with Crippen LogP contribution in [0, 0.1) is 10.1 Å². The zero-order valence-electron chi connectivity index (χ0n) is 16.0. The first-order valence-corrected chi connectivity index (χ1v) is 11.6. The van der Waals surface area contributed by atoms with E-state index in [4.69, 9.17) is 0 Å². The molecule has 1 heterocycles. The topological polar surface area (TPSA) is 113 Å². The van der Waals surface area contributed by atoms with Crippen molar-refractivity contribution in [2.24, 2.45) is 0 Å². The summed E-state index contributed by atoms with van der Waals surface area (Å²) in [6.45, 7) is 2.26. The van der Waals surface area contributed by atoms with Crippen LogP contribution in [0.5, 0.6) is 0 Å². The SMILES string of the molecule is O=C(CCNS(=O)(=O)c1ccc(Br)cc1)N1CCN(c2ccc([N+](=O)[O-])cc2)CC1. The van der Waals surface area contributed by atoms with Gasteiger partial charge in [-0.2, -0.15) is 0 Å². The van der Waals surface area contributed by atoms with Crippen LogP contribution in [-0.2, 0) is 14.8 Å². The predicted molar refractivity (Wildman–Crippen MR) is 116 cm³/mol. The van der Waals surface area contributed by atoms with E-state index in [9.17, 15) is 23.3 Å². The molecule has 0 radical (unpaired) electrons. The molecule has 11 heteroatoms. The van der Waals surface area contributed by atoms with Gasteiger partial charge in [-0.05, 0) is 36.4 Å². The zero-order chi connectivity index (χ0) is 21.7. The van der Waals surface area contributed by atoms with Gasteiger partial charge in [0.1, 0.15) is 0 Å². The number of nitro benzene ring substituents is 1. The molecule has 1 saturated heterocycles. The molecule has 160 valence electrons. The second-order valence-electron chi connectivity index (χ2n) is 6.74. The molecular formula is C19H21BrN4O5S. The largest absolute Gasteiger partial charge is 0.368 e. The highest BCUT2D eigenvalue weighted by molar-refractivity contribution is 9.10. The van der Waals surface area contributed by atoms with Crippen LogP contribution >= 0.6 is 15.9 Å². The number of rotatable bonds is 7. The minimum Gasteiger partial charge on any atom is -0.368 e. The lowest BCUT2D eigenvalue weighted by atomic mass is 10.2. The molecule has 9 nitrogen and oxygen atoms in total. The molecule has 0 bridgehead atoms. The molecule has 1 aliphatic rings. The number of halogens is 1. The summed E-state index contributed by atoms with van der Waals surface area (Å²) in [4.78, 5) is 26.6. The van der Waals surface area contributed by atoms with E-state index in [1.165, 1.54) is 24.3 Å². The van der Waals surface area contributed by atoms with Crippen LogP contribution < -0.4 is 9.62 Å². The third kappa shape index (κ3) is 5.55. The molecule has 1 fully saturated rings.